The molecule has 0 aliphatic heterocycles. The van der Waals surface area contributed by atoms with Crippen LogP contribution in [0.1, 0.15) is 23.7 Å². The molecular formula is C26H31FN6O7S3. The topological polar surface area (TPSA) is 192 Å². The Hall–Kier alpha value is -3.35. The van der Waals surface area contributed by atoms with Crippen molar-refractivity contribution in [1.29, 1.82) is 0 Å². The third-order valence-corrected chi connectivity index (χ3v) is 9.52. The molecule has 0 bridgehead atoms. The van der Waals surface area contributed by atoms with E-state index in [1.54, 1.807) is 47.3 Å². The Morgan fingerprint density at radius 2 is 2.02 bits per heavy atom. The minimum Gasteiger partial charge on any atom is -0.491 e. The molecule has 2 aromatic heterocycles. The van der Waals surface area contributed by atoms with Gasteiger partial charge in [-0.05, 0) is 36.2 Å². The van der Waals surface area contributed by atoms with Gasteiger partial charge in [0, 0.05) is 30.7 Å². The first-order valence-electron chi connectivity index (χ1n) is 13.1. The summed E-state index contributed by atoms with van der Waals surface area (Å²) in [6.07, 6.45) is 1.97. The fourth-order valence-electron chi connectivity index (χ4n) is 3.96. The molecule has 0 amide bonds. The Kier molecular flexibility index (Phi) is 11.7. The number of thiazole rings is 1. The zero-order valence-electron chi connectivity index (χ0n) is 22.8. The van der Waals surface area contributed by atoms with Gasteiger partial charge in [-0.2, -0.15) is 11.8 Å². The number of hydrogen-bond donors (Lipinski definition) is 4. The lowest BCUT2D eigenvalue weighted by molar-refractivity contribution is -0.138. The molecule has 0 saturated carbocycles. The van der Waals surface area contributed by atoms with E-state index in [4.69, 9.17) is 14.6 Å². The van der Waals surface area contributed by atoms with Crippen LogP contribution in [0.3, 0.4) is 0 Å². The number of rotatable bonds is 18. The first-order valence-corrected chi connectivity index (χ1v) is 16.6. The Bertz CT molecular complexity index is 1620. The van der Waals surface area contributed by atoms with Crippen LogP contribution < -0.4 is 19.9 Å². The summed E-state index contributed by atoms with van der Waals surface area (Å²) in [4.78, 5) is 16.0. The molecule has 0 fully saturated rings. The maximum Gasteiger partial charge on any atom is 0.321 e. The number of aliphatic hydroxyl groups is 1. The number of benzene rings is 2. The predicted octanol–water partition coefficient (Wildman–Crippen LogP) is 2.36. The second kappa shape index (κ2) is 15.4. The van der Waals surface area contributed by atoms with Crippen molar-refractivity contribution in [2.24, 2.45) is 5.14 Å². The van der Waals surface area contributed by atoms with Crippen LogP contribution in [-0.2, 0) is 27.2 Å². The SMILES string of the molecule is NS(=O)(=O)c1nc2cc(OCc3cn([C@@H](CCO)CN[C@@H](CSCc4cccc(OCCF)c4)C(=O)O)nn3)ccc2s1. The number of thioether (sulfide) groups is 1. The number of nitrogens with zero attached hydrogens (tertiary/aromatic N) is 4. The number of ether oxygens (including phenoxy) is 2. The van der Waals surface area contributed by atoms with Crippen molar-refractivity contribution in [1.82, 2.24) is 25.3 Å². The van der Waals surface area contributed by atoms with Crippen LogP contribution in [0.5, 0.6) is 11.5 Å². The van der Waals surface area contributed by atoms with Crippen LogP contribution in [0.4, 0.5) is 4.39 Å². The number of aromatic nitrogens is 4. The zero-order chi connectivity index (χ0) is 30.8. The second-order valence-electron chi connectivity index (χ2n) is 9.30. The minimum atomic E-state index is -3.90. The van der Waals surface area contributed by atoms with Gasteiger partial charge >= 0.3 is 5.97 Å². The van der Waals surface area contributed by atoms with Crippen molar-refractivity contribution in [2.45, 2.75) is 35.2 Å². The molecule has 4 aromatic rings. The van der Waals surface area contributed by atoms with Gasteiger partial charge in [-0.3, -0.25) is 4.79 Å². The van der Waals surface area contributed by atoms with Crippen molar-refractivity contribution in [3.8, 4) is 11.5 Å². The largest absolute Gasteiger partial charge is 0.491 e. The summed E-state index contributed by atoms with van der Waals surface area (Å²) in [6, 6.07) is 11.0. The highest BCUT2D eigenvalue weighted by Gasteiger charge is 2.21. The number of fused-ring (bicyclic) bond motifs is 1. The van der Waals surface area contributed by atoms with Crippen LogP contribution in [0.2, 0.25) is 0 Å². The van der Waals surface area contributed by atoms with E-state index in [0.717, 1.165) is 16.9 Å². The number of carboxylic acid groups (broad SMARTS) is 1. The van der Waals surface area contributed by atoms with Crippen LogP contribution in [0.15, 0.2) is 53.0 Å². The van der Waals surface area contributed by atoms with Gasteiger partial charge in [0.05, 0.1) is 22.5 Å². The van der Waals surface area contributed by atoms with Crippen molar-refractivity contribution >= 4 is 49.3 Å². The van der Waals surface area contributed by atoms with Crippen LogP contribution in [0.25, 0.3) is 10.2 Å². The molecule has 0 radical (unpaired) electrons. The molecule has 0 aliphatic carbocycles. The number of carboxylic acids is 1. The maximum atomic E-state index is 12.4. The van der Waals surface area contributed by atoms with Crippen LogP contribution in [0, 0.1) is 0 Å². The van der Waals surface area contributed by atoms with Crippen LogP contribution in [-0.4, -0.2) is 82.8 Å². The van der Waals surface area contributed by atoms with Gasteiger partial charge in [-0.15, -0.1) is 16.4 Å². The number of hydrogen-bond acceptors (Lipinski definition) is 12. The monoisotopic (exact) mass is 654 g/mol. The van der Waals surface area contributed by atoms with Crippen molar-refractivity contribution in [2.75, 3.05) is 32.2 Å². The number of aliphatic carboxylic acids is 1. The lowest BCUT2D eigenvalue weighted by atomic mass is 10.2. The number of halogens is 1. The highest BCUT2D eigenvalue weighted by molar-refractivity contribution is 7.98. The number of nitrogens with two attached hydrogens (primary N) is 1. The number of alkyl halides is 1. The average Bonchev–Trinajstić information content (AvgIpc) is 3.63. The molecule has 5 N–H and O–H groups in total. The van der Waals surface area contributed by atoms with Crippen molar-refractivity contribution < 1.29 is 37.3 Å². The summed E-state index contributed by atoms with van der Waals surface area (Å²) in [5, 5.41) is 35.8. The molecule has 0 aliphatic rings. The fourth-order valence-corrected chi connectivity index (χ4v) is 6.63. The lowest BCUT2D eigenvalue weighted by Gasteiger charge is -2.20. The van der Waals surface area contributed by atoms with Gasteiger partial charge in [-0.25, -0.2) is 27.6 Å². The van der Waals surface area contributed by atoms with E-state index >= 15 is 0 Å². The van der Waals surface area contributed by atoms with Crippen LogP contribution >= 0.6 is 23.1 Å². The highest BCUT2D eigenvalue weighted by atomic mass is 32.2. The summed E-state index contributed by atoms with van der Waals surface area (Å²) in [6.45, 7) is -0.456. The molecule has 2 atom stereocenters. The number of primary sulfonamides is 1. The maximum absolute atomic E-state index is 12.4. The smallest absolute Gasteiger partial charge is 0.321 e. The third-order valence-electron chi connectivity index (χ3n) is 6.06. The number of sulfonamides is 1. The van der Waals surface area contributed by atoms with E-state index in [1.807, 2.05) is 6.07 Å². The molecular weight excluding hydrogens is 624 g/mol. The Morgan fingerprint density at radius 3 is 2.77 bits per heavy atom. The summed E-state index contributed by atoms with van der Waals surface area (Å²) in [5.74, 6) is 0.842. The van der Waals surface area contributed by atoms with E-state index in [0.29, 0.717) is 39.6 Å². The fraction of sp³-hybridized carbons (Fsp3) is 0.385. The Balaban J connectivity index is 1.30. The van der Waals surface area contributed by atoms with E-state index in [-0.39, 0.29) is 42.5 Å². The first kappa shape index (κ1) is 32.6. The van der Waals surface area contributed by atoms with Gasteiger partial charge < -0.3 is 25.0 Å². The number of aliphatic hydroxyl groups excluding tert-OH is 1. The van der Waals surface area contributed by atoms with Gasteiger partial charge in [-0.1, -0.05) is 17.3 Å². The molecule has 43 heavy (non-hydrogen) atoms. The molecule has 2 aromatic carbocycles. The number of carbonyl (C=O) groups is 1. The zero-order valence-corrected chi connectivity index (χ0v) is 25.3. The summed E-state index contributed by atoms with van der Waals surface area (Å²) in [7, 11) is -3.90. The molecule has 0 saturated heterocycles. The highest BCUT2D eigenvalue weighted by Crippen LogP contribution is 2.28. The molecule has 232 valence electrons. The number of nitrogens with one attached hydrogen (secondary N) is 1. The summed E-state index contributed by atoms with van der Waals surface area (Å²) >= 11 is 2.40. The van der Waals surface area contributed by atoms with Gasteiger partial charge in [0.1, 0.15) is 43.1 Å². The lowest BCUT2D eigenvalue weighted by Crippen LogP contribution is -2.42. The molecule has 0 spiro atoms. The van der Waals surface area contributed by atoms with Gasteiger partial charge in [0.25, 0.3) is 10.0 Å². The van der Waals surface area contributed by atoms with Gasteiger partial charge in [0.15, 0.2) is 0 Å². The van der Waals surface area contributed by atoms with Crippen molar-refractivity contribution in [3.63, 3.8) is 0 Å². The van der Waals surface area contributed by atoms with E-state index in [9.17, 15) is 27.8 Å². The molecule has 4 rings (SSSR count). The van der Waals surface area contributed by atoms with E-state index in [2.05, 4.69) is 20.6 Å². The predicted molar refractivity (Wildman–Crippen MR) is 160 cm³/mol. The molecule has 2 heterocycles. The Labute approximate surface area is 255 Å². The van der Waals surface area contributed by atoms with E-state index in [1.165, 1.54) is 11.8 Å². The third kappa shape index (κ3) is 9.57. The Morgan fingerprint density at radius 1 is 1.21 bits per heavy atom. The first-order chi connectivity index (χ1) is 20.7. The summed E-state index contributed by atoms with van der Waals surface area (Å²) < 4.78 is 48.6. The summed E-state index contributed by atoms with van der Waals surface area (Å²) in [5.41, 5.74) is 1.86. The van der Waals surface area contributed by atoms with Crippen molar-refractivity contribution in [3.05, 3.63) is 59.9 Å². The van der Waals surface area contributed by atoms with Gasteiger partial charge in [0.2, 0.25) is 4.34 Å². The minimum absolute atomic E-state index is 0.0213. The molecule has 17 heteroatoms. The quantitative estimate of drug-likeness (QED) is 0.123. The standard InChI is InChI=1S/C26H31FN6O7S3/c27-7-9-39-20-3-1-2-17(10-20)15-41-16-23(25(35)36)29-12-19(6-8-34)33-13-18(31-32-33)14-40-21-4-5-24-22(11-21)30-26(42-24)43(28,37)38/h1-5,10-11,13,19,23,29,34H,6-9,12,14-16H2,(H,35,36)(H2,28,37,38)/t19-,23-/m0/s1. The molecule has 13 nitrogen and oxygen atoms in total. The van der Waals surface area contributed by atoms with E-state index < -0.39 is 28.7 Å². The average molecular weight is 655 g/mol. The normalized spacial score (nSPS) is 13.2. The second-order valence-corrected chi connectivity index (χ2v) is 13.1. The molecule has 0 unspecified atom stereocenters.